The van der Waals surface area contributed by atoms with E-state index in [1.54, 1.807) is 13.2 Å². The van der Waals surface area contributed by atoms with Gasteiger partial charge in [-0.1, -0.05) is 29.8 Å². The van der Waals surface area contributed by atoms with Crippen molar-refractivity contribution < 1.29 is 14.3 Å². The maximum Gasteiger partial charge on any atom is 0.344 e. The molecule has 0 spiro atoms. The molecule has 1 aliphatic rings. The lowest BCUT2D eigenvalue weighted by atomic mass is 10.1. The highest BCUT2D eigenvalue weighted by atomic mass is 16.5. The van der Waals surface area contributed by atoms with Crippen LogP contribution < -0.4 is 4.74 Å². The number of carbonyl (C=O) groups is 1. The van der Waals surface area contributed by atoms with Gasteiger partial charge >= 0.3 is 5.97 Å². The monoisotopic (exact) mass is 266 g/mol. The molecule has 100 valence electrons. The summed E-state index contributed by atoms with van der Waals surface area (Å²) in [6.45, 7) is 2.04. The maximum atomic E-state index is 11.9. The molecule has 0 bridgehead atoms. The van der Waals surface area contributed by atoms with Crippen LogP contribution in [-0.2, 0) is 4.74 Å². The summed E-state index contributed by atoms with van der Waals surface area (Å²) in [5, 5.41) is 0. The predicted molar refractivity (Wildman–Crippen MR) is 77.5 cm³/mol. The van der Waals surface area contributed by atoms with Gasteiger partial charge in [-0.25, -0.2) is 4.79 Å². The van der Waals surface area contributed by atoms with Crippen molar-refractivity contribution in [2.24, 2.45) is 0 Å². The number of esters is 1. The van der Waals surface area contributed by atoms with E-state index in [4.69, 9.17) is 9.47 Å². The summed E-state index contributed by atoms with van der Waals surface area (Å²) in [7, 11) is 1.57. The quantitative estimate of drug-likeness (QED) is 0.778. The lowest BCUT2D eigenvalue weighted by molar-refractivity contribution is 0.0717. The lowest BCUT2D eigenvalue weighted by Crippen LogP contribution is -1.94. The summed E-state index contributed by atoms with van der Waals surface area (Å²) in [6.07, 6.45) is 1.87. The topological polar surface area (TPSA) is 35.5 Å². The zero-order chi connectivity index (χ0) is 14.1. The first kappa shape index (κ1) is 12.5. The number of hydrogen-bond donors (Lipinski definition) is 0. The van der Waals surface area contributed by atoms with Crippen LogP contribution >= 0.6 is 0 Å². The van der Waals surface area contributed by atoms with Gasteiger partial charge in [-0.15, -0.1) is 0 Å². The molecule has 3 heteroatoms. The van der Waals surface area contributed by atoms with Crippen molar-refractivity contribution in [3.63, 3.8) is 0 Å². The van der Waals surface area contributed by atoms with Crippen molar-refractivity contribution in [1.82, 2.24) is 0 Å². The Morgan fingerprint density at radius 2 is 1.80 bits per heavy atom. The molecule has 0 aliphatic carbocycles. The molecule has 0 aromatic heterocycles. The van der Waals surface area contributed by atoms with Gasteiger partial charge in [0.1, 0.15) is 11.5 Å². The average Bonchev–Trinajstić information content (AvgIpc) is 2.77. The van der Waals surface area contributed by atoms with Gasteiger partial charge in [0.05, 0.1) is 12.7 Å². The largest absolute Gasteiger partial charge is 0.497 e. The summed E-state index contributed by atoms with van der Waals surface area (Å²) in [5.41, 5.74) is 3.54. The van der Waals surface area contributed by atoms with Crippen molar-refractivity contribution in [2.45, 2.75) is 6.92 Å². The summed E-state index contributed by atoms with van der Waals surface area (Å²) in [6, 6.07) is 13.4. The molecule has 3 nitrogen and oxygen atoms in total. The third-order valence-electron chi connectivity index (χ3n) is 3.29. The first-order valence-electron chi connectivity index (χ1n) is 6.36. The maximum absolute atomic E-state index is 11.9. The highest BCUT2D eigenvalue weighted by Gasteiger charge is 2.26. The molecule has 1 heterocycles. The van der Waals surface area contributed by atoms with Crippen molar-refractivity contribution in [1.29, 1.82) is 0 Å². The van der Waals surface area contributed by atoms with Crippen LogP contribution in [0.5, 0.6) is 5.75 Å². The van der Waals surface area contributed by atoms with Crippen LogP contribution in [0.1, 0.15) is 27.0 Å². The standard InChI is InChI=1S/C17H14O3/c1-11-3-5-12(6-4-11)9-16-14-8-7-13(19-2)10-15(14)17(18)20-16/h3-10H,1-2H3/b16-9-. The number of aryl methyl sites for hydroxylation is 1. The van der Waals surface area contributed by atoms with E-state index in [0.29, 0.717) is 17.1 Å². The van der Waals surface area contributed by atoms with Crippen LogP contribution in [-0.4, -0.2) is 13.1 Å². The van der Waals surface area contributed by atoms with E-state index in [-0.39, 0.29) is 5.97 Å². The minimum Gasteiger partial charge on any atom is -0.497 e. The van der Waals surface area contributed by atoms with Crippen molar-refractivity contribution in [3.8, 4) is 5.75 Å². The molecule has 3 rings (SSSR count). The lowest BCUT2D eigenvalue weighted by Gasteiger charge is -2.01. The molecule has 0 fully saturated rings. The number of methoxy groups -OCH3 is 1. The number of hydrogen-bond acceptors (Lipinski definition) is 3. The second kappa shape index (κ2) is 4.85. The first-order valence-corrected chi connectivity index (χ1v) is 6.36. The van der Waals surface area contributed by atoms with Crippen LogP contribution in [0.15, 0.2) is 42.5 Å². The van der Waals surface area contributed by atoms with Gasteiger partial charge in [-0.3, -0.25) is 0 Å². The molecule has 0 saturated heterocycles. The Bertz CT molecular complexity index is 697. The minimum atomic E-state index is -0.336. The fourth-order valence-corrected chi connectivity index (χ4v) is 2.17. The minimum absolute atomic E-state index is 0.336. The number of ether oxygens (including phenoxy) is 2. The van der Waals surface area contributed by atoms with Gasteiger partial charge in [0.15, 0.2) is 0 Å². The molecule has 0 unspecified atom stereocenters. The van der Waals surface area contributed by atoms with Gasteiger partial charge in [-0.2, -0.15) is 0 Å². The van der Waals surface area contributed by atoms with Crippen LogP contribution in [0, 0.1) is 6.92 Å². The second-order valence-corrected chi connectivity index (χ2v) is 4.72. The Hall–Kier alpha value is -2.55. The van der Waals surface area contributed by atoms with Crippen LogP contribution in [0.25, 0.3) is 11.8 Å². The van der Waals surface area contributed by atoms with Crippen LogP contribution in [0.4, 0.5) is 0 Å². The summed E-state index contributed by atoms with van der Waals surface area (Å²) in [5.74, 6) is 0.894. The molecule has 2 aromatic rings. The number of rotatable bonds is 2. The molecule has 0 amide bonds. The van der Waals surface area contributed by atoms with E-state index >= 15 is 0 Å². The smallest absolute Gasteiger partial charge is 0.344 e. The Labute approximate surface area is 117 Å². The van der Waals surface area contributed by atoms with Crippen molar-refractivity contribution in [2.75, 3.05) is 7.11 Å². The predicted octanol–water partition coefficient (Wildman–Crippen LogP) is 3.67. The van der Waals surface area contributed by atoms with E-state index in [2.05, 4.69) is 0 Å². The first-order chi connectivity index (χ1) is 9.67. The number of cyclic esters (lactones) is 1. The van der Waals surface area contributed by atoms with Crippen molar-refractivity contribution >= 4 is 17.8 Å². The fourth-order valence-electron chi connectivity index (χ4n) is 2.17. The van der Waals surface area contributed by atoms with E-state index in [0.717, 1.165) is 11.1 Å². The molecule has 0 radical (unpaired) electrons. The normalized spacial score (nSPS) is 15.1. The molecular weight excluding hydrogens is 252 g/mol. The Balaban J connectivity index is 2.02. The highest BCUT2D eigenvalue weighted by Crippen LogP contribution is 2.33. The molecule has 0 atom stereocenters. The van der Waals surface area contributed by atoms with E-state index in [9.17, 15) is 4.79 Å². The summed E-state index contributed by atoms with van der Waals surface area (Å²) in [4.78, 5) is 11.9. The van der Waals surface area contributed by atoms with E-state index in [1.165, 1.54) is 5.56 Å². The summed E-state index contributed by atoms with van der Waals surface area (Å²) < 4.78 is 10.5. The Morgan fingerprint density at radius 3 is 2.50 bits per heavy atom. The number of carbonyl (C=O) groups excluding carboxylic acids is 1. The molecule has 0 saturated carbocycles. The fraction of sp³-hybridized carbons (Fsp3) is 0.118. The van der Waals surface area contributed by atoms with Gasteiger partial charge in [0.2, 0.25) is 0 Å². The van der Waals surface area contributed by atoms with E-state index < -0.39 is 0 Å². The molecule has 2 aromatic carbocycles. The number of fused-ring (bicyclic) bond motifs is 1. The third-order valence-corrected chi connectivity index (χ3v) is 3.29. The Kier molecular flexibility index (Phi) is 3.03. The number of benzene rings is 2. The van der Waals surface area contributed by atoms with Gasteiger partial charge in [0.25, 0.3) is 0 Å². The SMILES string of the molecule is COc1ccc2c(c1)C(=O)O/C2=C\c1ccc(C)cc1. The van der Waals surface area contributed by atoms with Crippen LogP contribution in [0.2, 0.25) is 0 Å². The third kappa shape index (κ3) is 2.18. The van der Waals surface area contributed by atoms with Crippen molar-refractivity contribution in [3.05, 3.63) is 64.7 Å². The van der Waals surface area contributed by atoms with Gasteiger partial charge in [-0.05, 0) is 36.8 Å². The summed E-state index contributed by atoms with van der Waals surface area (Å²) >= 11 is 0. The van der Waals surface area contributed by atoms with Gasteiger partial charge < -0.3 is 9.47 Å². The Morgan fingerprint density at radius 1 is 1.05 bits per heavy atom. The second-order valence-electron chi connectivity index (χ2n) is 4.72. The average molecular weight is 266 g/mol. The van der Waals surface area contributed by atoms with Crippen LogP contribution in [0.3, 0.4) is 0 Å². The molecular formula is C17H14O3. The molecule has 1 aliphatic heterocycles. The molecule has 0 N–H and O–H groups in total. The highest BCUT2D eigenvalue weighted by molar-refractivity contribution is 6.06. The van der Waals surface area contributed by atoms with Gasteiger partial charge in [0, 0.05) is 5.56 Å². The zero-order valence-corrected chi connectivity index (χ0v) is 11.3. The van der Waals surface area contributed by atoms with E-state index in [1.807, 2.05) is 49.4 Å². The zero-order valence-electron chi connectivity index (χ0n) is 11.3. The molecule has 20 heavy (non-hydrogen) atoms.